The molecule has 0 heterocycles. The second-order valence-corrected chi connectivity index (χ2v) is 3.80. The molecule has 0 unspecified atom stereocenters. The molecule has 4 heteroatoms. The fourth-order valence-corrected chi connectivity index (χ4v) is 1.75. The SMILES string of the molecule is C[C@H](NCCCO)c1c(F)cccc1Cl. The zero-order chi connectivity index (χ0) is 11.3. The largest absolute Gasteiger partial charge is 0.396 e. The first-order valence-corrected chi connectivity index (χ1v) is 5.32. The number of hydrogen-bond donors (Lipinski definition) is 2. The van der Waals surface area contributed by atoms with E-state index >= 15 is 0 Å². The molecule has 1 aromatic carbocycles. The molecular weight excluding hydrogens is 217 g/mol. The van der Waals surface area contributed by atoms with Crippen molar-refractivity contribution in [2.24, 2.45) is 0 Å². The lowest BCUT2D eigenvalue weighted by molar-refractivity contribution is 0.283. The number of hydrogen-bond acceptors (Lipinski definition) is 2. The van der Waals surface area contributed by atoms with Gasteiger partial charge in [0.15, 0.2) is 0 Å². The second-order valence-electron chi connectivity index (χ2n) is 3.39. The molecule has 0 aliphatic rings. The summed E-state index contributed by atoms with van der Waals surface area (Å²) < 4.78 is 13.4. The number of nitrogens with one attached hydrogen (secondary N) is 1. The first kappa shape index (κ1) is 12.4. The summed E-state index contributed by atoms with van der Waals surface area (Å²) in [7, 11) is 0. The number of halogens is 2. The highest BCUT2D eigenvalue weighted by molar-refractivity contribution is 6.31. The maximum absolute atomic E-state index is 13.4. The number of aliphatic hydroxyl groups excluding tert-OH is 1. The van der Waals surface area contributed by atoms with E-state index in [1.807, 2.05) is 6.92 Å². The van der Waals surface area contributed by atoms with Gasteiger partial charge in [0, 0.05) is 23.2 Å². The average Bonchev–Trinajstić information content (AvgIpc) is 2.18. The topological polar surface area (TPSA) is 32.3 Å². The van der Waals surface area contributed by atoms with Crippen LogP contribution in [0.5, 0.6) is 0 Å². The third-order valence-corrected chi connectivity index (χ3v) is 2.55. The van der Waals surface area contributed by atoms with E-state index in [0.717, 1.165) is 0 Å². The van der Waals surface area contributed by atoms with Crippen LogP contribution >= 0.6 is 11.6 Å². The molecule has 84 valence electrons. The Morgan fingerprint density at radius 1 is 1.53 bits per heavy atom. The van der Waals surface area contributed by atoms with Gasteiger partial charge in [-0.05, 0) is 32.0 Å². The minimum absolute atomic E-state index is 0.130. The lowest BCUT2D eigenvalue weighted by atomic mass is 10.1. The molecule has 0 saturated carbocycles. The van der Waals surface area contributed by atoms with Crippen molar-refractivity contribution in [3.63, 3.8) is 0 Å². The Kier molecular flexibility index (Phi) is 5.02. The predicted molar refractivity (Wildman–Crippen MR) is 59.5 cm³/mol. The third-order valence-electron chi connectivity index (χ3n) is 2.22. The van der Waals surface area contributed by atoms with Gasteiger partial charge in [0.1, 0.15) is 5.82 Å². The Hall–Kier alpha value is -0.640. The summed E-state index contributed by atoms with van der Waals surface area (Å²) in [6, 6.07) is 4.50. The summed E-state index contributed by atoms with van der Waals surface area (Å²) in [6.07, 6.45) is 0.649. The van der Waals surface area contributed by atoms with Gasteiger partial charge in [0.2, 0.25) is 0 Å². The average molecular weight is 232 g/mol. The molecule has 1 aromatic rings. The first-order valence-electron chi connectivity index (χ1n) is 4.95. The minimum Gasteiger partial charge on any atom is -0.396 e. The zero-order valence-electron chi connectivity index (χ0n) is 8.63. The van der Waals surface area contributed by atoms with Gasteiger partial charge in [0.25, 0.3) is 0 Å². The molecule has 2 nitrogen and oxygen atoms in total. The minimum atomic E-state index is -0.300. The molecule has 0 aromatic heterocycles. The molecular formula is C11H15ClFNO. The lowest BCUT2D eigenvalue weighted by Crippen LogP contribution is -2.21. The van der Waals surface area contributed by atoms with Crippen LogP contribution in [0.4, 0.5) is 4.39 Å². The molecule has 1 atom stereocenters. The van der Waals surface area contributed by atoms with Gasteiger partial charge in [-0.1, -0.05) is 17.7 Å². The van der Waals surface area contributed by atoms with Crippen LogP contribution in [0.1, 0.15) is 24.9 Å². The molecule has 0 fully saturated rings. The van der Waals surface area contributed by atoms with E-state index in [-0.39, 0.29) is 18.5 Å². The Morgan fingerprint density at radius 2 is 2.27 bits per heavy atom. The Bertz CT molecular complexity index is 299. The molecule has 0 aliphatic carbocycles. The van der Waals surface area contributed by atoms with E-state index in [1.54, 1.807) is 12.1 Å². The molecule has 0 saturated heterocycles. The van der Waals surface area contributed by atoms with Crippen molar-refractivity contribution in [3.05, 3.63) is 34.6 Å². The second kappa shape index (κ2) is 6.05. The molecule has 15 heavy (non-hydrogen) atoms. The van der Waals surface area contributed by atoms with Gasteiger partial charge in [-0.15, -0.1) is 0 Å². The van der Waals surface area contributed by atoms with Crippen LogP contribution in [0.2, 0.25) is 5.02 Å². The maximum atomic E-state index is 13.4. The predicted octanol–water partition coefficient (Wildman–Crippen LogP) is 2.51. The van der Waals surface area contributed by atoms with Crippen molar-refractivity contribution in [1.82, 2.24) is 5.32 Å². The lowest BCUT2D eigenvalue weighted by Gasteiger charge is -2.15. The highest BCUT2D eigenvalue weighted by atomic mass is 35.5. The van der Waals surface area contributed by atoms with Crippen molar-refractivity contribution in [3.8, 4) is 0 Å². The van der Waals surface area contributed by atoms with E-state index in [2.05, 4.69) is 5.32 Å². The van der Waals surface area contributed by atoms with Crippen LogP contribution in [0.15, 0.2) is 18.2 Å². The summed E-state index contributed by atoms with van der Waals surface area (Å²) in [6.45, 7) is 2.62. The Labute approximate surface area is 94.1 Å². The fourth-order valence-electron chi connectivity index (χ4n) is 1.42. The number of rotatable bonds is 5. The van der Waals surface area contributed by atoms with Crippen LogP contribution in [0.25, 0.3) is 0 Å². The molecule has 0 amide bonds. The molecule has 0 aliphatic heterocycles. The molecule has 0 radical (unpaired) electrons. The number of benzene rings is 1. The third kappa shape index (κ3) is 3.45. The summed E-state index contributed by atoms with van der Waals surface area (Å²) >= 11 is 5.91. The monoisotopic (exact) mass is 231 g/mol. The van der Waals surface area contributed by atoms with E-state index in [9.17, 15) is 4.39 Å². The standard InChI is InChI=1S/C11H15ClFNO/c1-8(14-6-3-7-15)11-9(12)4-2-5-10(11)13/h2,4-5,8,14-15H,3,6-7H2,1H3/t8-/m0/s1. The van der Waals surface area contributed by atoms with Crippen LogP contribution < -0.4 is 5.32 Å². The van der Waals surface area contributed by atoms with Gasteiger partial charge in [0.05, 0.1) is 0 Å². The van der Waals surface area contributed by atoms with Crippen molar-refractivity contribution in [2.45, 2.75) is 19.4 Å². The molecule has 2 N–H and O–H groups in total. The molecule has 0 bridgehead atoms. The number of aliphatic hydroxyl groups is 1. The zero-order valence-corrected chi connectivity index (χ0v) is 9.39. The van der Waals surface area contributed by atoms with Crippen molar-refractivity contribution < 1.29 is 9.50 Å². The summed E-state index contributed by atoms with van der Waals surface area (Å²) in [5.41, 5.74) is 0.483. The highest BCUT2D eigenvalue weighted by Gasteiger charge is 2.13. The van der Waals surface area contributed by atoms with E-state index in [0.29, 0.717) is 23.6 Å². The van der Waals surface area contributed by atoms with Gasteiger partial charge >= 0.3 is 0 Å². The van der Waals surface area contributed by atoms with Crippen LogP contribution in [-0.2, 0) is 0 Å². The normalized spacial score (nSPS) is 12.8. The van der Waals surface area contributed by atoms with E-state index in [1.165, 1.54) is 6.07 Å². The van der Waals surface area contributed by atoms with Gasteiger partial charge in [-0.3, -0.25) is 0 Å². The highest BCUT2D eigenvalue weighted by Crippen LogP contribution is 2.25. The van der Waals surface area contributed by atoms with E-state index in [4.69, 9.17) is 16.7 Å². The smallest absolute Gasteiger partial charge is 0.129 e. The first-order chi connectivity index (χ1) is 7.16. The van der Waals surface area contributed by atoms with Gasteiger partial charge in [-0.25, -0.2) is 4.39 Å². The maximum Gasteiger partial charge on any atom is 0.129 e. The van der Waals surface area contributed by atoms with Crippen LogP contribution in [0, 0.1) is 5.82 Å². The van der Waals surface area contributed by atoms with E-state index < -0.39 is 0 Å². The van der Waals surface area contributed by atoms with Crippen molar-refractivity contribution in [1.29, 1.82) is 0 Å². The van der Waals surface area contributed by atoms with Crippen LogP contribution in [0.3, 0.4) is 0 Å². The van der Waals surface area contributed by atoms with Crippen LogP contribution in [-0.4, -0.2) is 18.3 Å². The quantitative estimate of drug-likeness (QED) is 0.764. The summed E-state index contributed by atoms with van der Waals surface area (Å²) in [4.78, 5) is 0. The fraction of sp³-hybridized carbons (Fsp3) is 0.455. The Morgan fingerprint density at radius 3 is 2.87 bits per heavy atom. The molecule has 1 rings (SSSR count). The van der Waals surface area contributed by atoms with Crippen molar-refractivity contribution >= 4 is 11.6 Å². The van der Waals surface area contributed by atoms with Gasteiger partial charge < -0.3 is 10.4 Å². The Balaban J connectivity index is 2.68. The van der Waals surface area contributed by atoms with Crippen molar-refractivity contribution in [2.75, 3.05) is 13.2 Å². The summed E-state index contributed by atoms with van der Waals surface area (Å²) in [5.74, 6) is -0.300. The van der Waals surface area contributed by atoms with Gasteiger partial charge in [-0.2, -0.15) is 0 Å². The molecule has 0 spiro atoms. The summed E-state index contributed by atoms with van der Waals surface area (Å²) in [5, 5.41) is 12.1.